The molecule has 6 aromatic carbocycles. The van der Waals surface area contributed by atoms with E-state index in [0.717, 1.165) is 0 Å². The summed E-state index contributed by atoms with van der Waals surface area (Å²) in [4.78, 5) is 5.32. The highest BCUT2D eigenvalue weighted by Crippen LogP contribution is 2.73. The zero-order chi connectivity index (χ0) is 24.9. The second-order valence-corrected chi connectivity index (χ2v) is 12.1. The SMILES string of the molecule is c1ccc(-c2cc(-c3ccccc3)cc(S(c3ccccc3)(c3ccccc3)c3ccccc3)c2)cc1. The first-order chi connectivity index (χ1) is 18.4. The molecule has 0 bridgehead atoms. The summed E-state index contributed by atoms with van der Waals surface area (Å²) in [5.41, 5.74) is 4.92. The van der Waals surface area contributed by atoms with Gasteiger partial charge in [0.25, 0.3) is 0 Å². The number of hydrogen-bond acceptors (Lipinski definition) is 0. The van der Waals surface area contributed by atoms with Crippen molar-refractivity contribution in [3.63, 3.8) is 0 Å². The van der Waals surface area contributed by atoms with Crippen molar-refractivity contribution >= 4 is 10.0 Å². The van der Waals surface area contributed by atoms with E-state index in [4.69, 9.17) is 0 Å². The molecule has 0 atom stereocenters. The molecule has 37 heavy (non-hydrogen) atoms. The van der Waals surface area contributed by atoms with Gasteiger partial charge >= 0.3 is 0 Å². The Kier molecular flexibility index (Phi) is 6.45. The van der Waals surface area contributed by atoms with Crippen molar-refractivity contribution in [3.05, 3.63) is 170 Å². The molecule has 0 saturated carbocycles. The Balaban J connectivity index is 1.74. The highest BCUT2D eigenvalue weighted by molar-refractivity contribution is 8.34. The first-order valence-corrected chi connectivity index (χ1v) is 14.2. The summed E-state index contributed by atoms with van der Waals surface area (Å²) in [7, 11) is -1.77. The molecular formula is C36H28S. The molecule has 0 spiro atoms. The van der Waals surface area contributed by atoms with Crippen LogP contribution in [0, 0.1) is 0 Å². The van der Waals surface area contributed by atoms with Crippen molar-refractivity contribution in [2.75, 3.05) is 0 Å². The Morgan fingerprint density at radius 3 is 0.865 bits per heavy atom. The third-order valence-corrected chi connectivity index (χ3v) is 10.6. The van der Waals surface area contributed by atoms with Crippen molar-refractivity contribution in [2.24, 2.45) is 0 Å². The average Bonchev–Trinajstić information content (AvgIpc) is 3.00. The van der Waals surface area contributed by atoms with Gasteiger partial charge in [-0.15, -0.1) is 10.0 Å². The van der Waals surface area contributed by atoms with Gasteiger partial charge in [-0.3, -0.25) is 0 Å². The minimum absolute atomic E-state index is 1.23. The topological polar surface area (TPSA) is 0 Å². The molecule has 0 aliphatic rings. The van der Waals surface area contributed by atoms with E-state index in [-0.39, 0.29) is 0 Å². The molecule has 0 aliphatic carbocycles. The van der Waals surface area contributed by atoms with E-state index in [1.807, 2.05) is 0 Å². The summed E-state index contributed by atoms with van der Waals surface area (Å²) in [5, 5.41) is 0. The molecule has 0 radical (unpaired) electrons. The third-order valence-electron chi connectivity index (χ3n) is 6.76. The number of hydrogen-bond donors (Lipinski definition) is 0. The normalized spacial score (nSPS) is 11.7. The zero-order valence-electron chi connectivity index (χ0n) is 20.6. The van der Waals surface area contributed by atoms with Crippen LogP contribution in [-0.2, 0) is 0 Å². The molecule has 6 rings (SSSR count). The molecule has 0 heterocycles. The summed E-state index contributed by atoms with van der Waals surface area (Å²) in [5.74, 6) is 0. The van der Waals surface area contributed by atoms with Crippen molar-refractivity contribution in [3.8, 4) is 22.3 Å². The number of rotatable bonds is 6. The standard InChI is InChI=1S/C36H28S/c1-6-16-29(17-7-1)31-26-32(30-18-8-2-9-19-30)28-36(27-31)37(33-20-10-3-11-21-33,34-22-12-4-13-23-34)35-24-14-5-15-25-35/h1-28H. The van der Waals surface area contributed by atoms with Crippen molar-refractivity contribution in [2.45, 2.75) is 19.6 Å². The first-order valence-electron chi connectivity index (χ1n) is 12.6. The molecule has 0 aromatic heterocycles. The van der Waals surface area contributed by atoms with E-state index < -0.39 is 10.0 Å². The lowest BCUT2D eigenvalue weighted by atomic mass is 9.99. The Morgan fingerprint density at radius 1 is 0.243 bits per heavy atom. The summed E-state index contributed by atoms with van der Waals surface area (Å²) in [6.45, 7) is 0. The minimum atomic E-state index is -1.77. The monoisotopic (exact) mass is 492 g/mol. The molecule has 0 unspecified atom stereocenters. The molecule has 178 valence electrons. The van der Waals surface area contributed by atoms with Gasteiger partial charge in [-0.05, 0) is 76.9 Å². The molecule has 6 aromatic rings. The van der Waals surface area contributed by atoms with E-state index in [2.05, 4.69) is 170 Å². The molecular weight excluding hydrogens is 464 g/mol. The van der Waals surface area contributed by atoms with Crippen LogP contribution in [0.25, 0.3) is 22.3 Å². The zero-order valence-corrected chi connectivity index (χ0v) is 21.4. The fourth-order valence-electron chi connectivity index (χ4n) is 5.06. The van der Waals surface area contributed by atoms with Crippen LogP contribution in [0.2, 0.25) is 0 Å². The van der Waals surface area contributed by atoms with E-state index in [9.17, 15) is 0 Å². The van der Waals surface area contributed by atoms with Crippen LogP contribution in [0.3, 0.4) is 0 Å². The molecule has 0 aliphatic heterocycles. The third kappa shape index (κ3) is 4.39. The van der Waals surface area contributed by atoms with Gasteiger partial charge < -0.3 is 0 Å². The average molecular weight is 493 g/mol. The van der Waals surface area contributed by atoms with Crippen LogP contribution >= 0.6 is 10.0 Å². The molecule has 0 fully saturated rings. The largest absolute Gasteiger partial charge is 0.133 e. The lowest BCUT2D eigenvalue weighted by Gasteiger charge is -2.42. The van der Waals surface area contributed by atoms with Gasteiger partial charge in [0.1, 0.15) is 0 Å². The van der Waals surface area contributed by atoms with Crippen LogP contribution < -0.4 is 0 Å². The summed E-state index contributed by atoms with van der Waals surface area (Å²) in [6, 6.07) is 61.8. The Labute approximate surface area is 221 Å². The van der Waals surface area contributed by atoms with Crippen molar-refractivity contribution < 1.29 is 0 Å². The van der Waals surface area contributed by atoms with Crippen LogP contribution in [0.1, 0.15) is 0 Å². The van der Waals surface area contributed by atoms with Gasteiger partial charge in [-0.2, -0.15) is 0 Å². The molecule has 0 nitrogen and oxygen atoms in total. The quantitative estimate of drug-likeness (QED) is 0.217. The maximum Gasteiger partial charge on any atom is 0.00353 e. The van der Waals surface area contributed by atoms with Crippen LogP contribution in [0.15, 0.2) is 189 Å². The molecule has 0 amide bonds. The second-order valence-electron chi connectivity index (χ2n) is 9.03. The van der Waals surface area contributed by atoms with Crippen LogP contribution in [0.4, 0.5) is 0 Å². The first kappa shape index (κ1) is 23.1. The fourth-order valence-corrected chi connectivity index (χ4v) is 9.00. The minimum Gasteiger partial charge on any atom is -0.133 e. The van der Waals surface area contributed by atoms with Crippen molar-refractivity contribution in [1.82, 2.24) is 0 Å². The van der Waals surface area contributed by atoms with Gasteiger partial charge in [0.15, 0.2) is 0 Å². The maximum absolute atomic E-state index is 2.42. The summed E-state index contributed by atoms with van der Waals surface area (Å²) < 4.78 is 0. The predicted octanol–water partition coefficient (Wildman–Crippen LogP) is 10.4. The lowest BCUT2D eigenvalue weighted by Crippen LogP contribution is -2.05. The molecule has 0 N–H and O–H groups in total. The summed E-state index contributed by atoms with van der Waals surface area (Å²) >= 11 is 0. The van der Waals surface area contributed by atoms with E-state index >= 15 is 0 Å². The highest BCUT2D eigenvalue weighted by atomic mass is 32.3. The number of benzene rings is 6. The van der Waals surface area contributed by atoms with E-state index in [1.54, 1.807) is 0 Å². The lowest BCUT2D eigenvalue weighted by molar-refractivity contribution is 1.24. The van der Waals surface area contributed by atoms with E-state index in [1.165, 1.54) is 41.8 Å². The van der Waals surface area contributed by atoms with Crippen LogP contribution in [-0.4, -0.2) is 0 Å². The predicted molar refractivity (Wildman–Crippen MR) is 157 cm³/mol. The van der Waals surface area contributed by atoms with Gasteiger partial charge in [0.2, 0.25) is 0 Å². The fraction of sp³-hybridized carbons (Fsp3) is 0. The second kappa shape index (κ2) is 10.3. The summed E-state index contributed by atoms with van der Waals surface area (Å²) in [6.07, 6.45) is 0. The van der Waals surface area contributed by atoms with Gasteiger partial charge in [0, 0.05) is 19.6 Å². The highest BCUT2D eigenvalue weighted by Gasteiger charge is 2.33. The molecule has 1 heteroatoms. The Hall–Kier alpha value is -4.33. The van der Waals surface area contributed by atoms with E-state index in [0.29, 0.717) is 0 Å². The van der Waals surface area contributed by atoms with Gasteiger partial charge in [0.05, 0.1) is 0 Å². The maximum atomic E-state index is 2.42. The smallest absolute Gasteiger partial charge is 0.00353 e. The van der Waals surface area contributed by atoms with Gasteiger partial charge in [-0.1, -0.05) is 115 Å². The molecule has 0 saturated heterocycles. The Bertz CT molecular complexity index is 1420. The van der Waals surface area contributed by atoms with Crippen LogP contribution in [0.5, 0.6) is 0 Å². The Morgan fingerprint density at radius 2 is 0.541 bits per heavy atom. The van der Waals surface area contributed by atoms with Gasteiger partial charge in [-0.25, -0.2) is 0 Å². The van der Waals surface area contributed by atoms with Crippen molar-refractivity contribution in [1.29, 1.82) is 0 Å².